The fraction of sp³-hybridized carbons (Fsp3) is 0.882. The molecule has 0 bridgehead atoms. The van der Waals surface area contributed by atoms with Crippen LogP contribution in [-0.4, -0.2) is 0 Å². The van der Waals surface area contributed by atoms with Gasteiger partial charge in [-0.1, -0.05) is 41.5 Å². The van der Waals surface area contributed by atoms with Crippen molar-refractivity contribution < 1.29 is 4.39 Å². The van der Waals surface area contributed by atoms with Crippen LogP contribution in [-0.2, 0) is 0 Å². The van der Waals surface area contributed by atoms with Gasteiger partial charge in [0.25, 0.3) is 0 Å². The number of hydrogen-bond donors (Lipinski definition) is 0. The van der Waals surface area contributed by atoms with Gasteiger partial charge in [-0.3, -0.25) is 0 Å². The maximum absolute atomic E-state index is 13.6. The summed E-state index contributed by atoms with van der Waals surface area (Å²) < 4.78 is 13.6. The van der Waals surface area contributed by atoms with Crippen LogP contribution in [0.25, 0.3) is 0 Å². The molecule has 1 rings (SSSR count). The Morgan fingerprint density at radius 1 is 1.00 bits per heavy atom. The zero-order valence-electron chi connectivity index (χ0n) is 13.4. The molecule has 1 aliphatic rings. The molecule has 2 atom stereocenters. The molecule has 0 N–H and O–H groups in total. The molecule has 0 aromatic rings. The van der Waals surface area contributed by atoms with Crippen LogP contribution in [0.5, 0.6) is 0 Å². The zero-order valence-corrected chi connectivity index (χ0v) is 13.4. The molecule has 0 aromatic carbocycles. The van der Waals surface area contributed by atoms with Crippen molar-refractivity contribution in [3.63, 3.8) is 0 Å². The van der Waals surface area contributed by atoms with E-state index >= 15 is 0 Å². The third-order valence-electron chi connectivity index (χ3n) is 4.66. The van der Waals surface area contributed by atoms with Gasteiger partial charge in [0.05, 0.1) is 5.83 Å². The van der Waals surface area contributed by atoms with Gasteiger partial charge in [-0.25, -0.2) is 4.39 Å². The average Bonchev–Trinajstić information content (AvgIpc) is 2.36. The molecule has 0 heterocycles. The minimum absolute atomic E-state index is 0.0683. The Morgan fingerprint density at radius 3 is 1.89 bits per heavy atom. The smallest absolute Gasteiger partial charge is 0.0960 e. The molecule has 1 saturated carbocycles. The number of rotatable bonds is 0. The van der Waals surface area contributed by atoms with Gasteiger partial charge in [0.1, 0.15) is 0 Å². The Bertz CT molecular complexity index is 307. The summed E-state index contributed by atoms with van der Waals surface area (Å²) in [6.07, 6.45) is 4.29. The van der Waals surface area contributed by atoms with E-state index in [1.165, 1.54) is 6.42 Å². The fourth-order valence-corrected chi connectivity index (χ4v) is 3.51. The van der Waals surface area contributed by atoms with Crippen LogP contribution in [0.1, 0.15) is 74.1 Å². The molecule has 2 unspecified atom stereocenters. The Hall–Kier alpha value is -0.330. The first-order chi connectivity index (χ1) is 8.03. The Kier molecular flexibility index (Phi) is 4.67. The van der Waals surface area contributed by atoms with Crippen molar-refractivity contribution in [1.82, 2.24) is 0 Å². The summed E-state index contributed by atoms with van der Waals surface area (Å²) >= 11 is 0. The van der Waals surface area contributed by atoms with Gasteiger partial charge >= 0.3 is 0 Å². The highest BCUT2D eigenvalue weighted by Gasteiger charge is 2.40. The van der Waals surface area contributed by atoms with E-state index in [4.69, 9.17) is 0 Å². The molecule has 18 heavy (non-hydrogen) atoms. The van der Waals surface area contributed by atoms with E-state index in [1.54, 1.807) is 6.92 Å². The molecule has 1 heteroatoms. The molecule has 0 aliphatic heterocycles. The molecule has 0 spiro atoms. The summed E-state index contributed by atoms with van der Waals surface area (Å²) in [6.45, 7) is 15.6. The van der Waals surface area contributed by atoms with Crippen molar-refractivity contribution in [2.45, 2.75) is 74.1 Å². The highest BCUT2D eigenvalue weighted by Crippen LogP contribution is 2.49. The molecular formula is C17H31F. The lowest BCUT2D eigenvalue weighted by Gasteiger charge is -2.43. The first kappa shape index (κ1) is 15.7. The second-order valence-electron chi connectivity index (χ2n) is 8.18. The first-order valence-corrected chi connectivity index (χ1v) is 7.37. The molecule has 0 radical (unpaired) electrons. The largest absolute Gasteiger partial charge is 0.212 e. The van der Waals surface area contributed by atoms with Crippen LogP contribution >= 0.6 is 0 Å². The first-order valence-electron chi connectivity index (χ1n) is 7.37. The van der Waals surface area contributed by atoms with Gasteiger partial charge in [0.2, 0.25) is 0 Å². The maximum atomic E-state index is 13.6. The van der Waals surface area contributed by atoms with Gasteiger partial charge in [0, 0.05) is 0 Å². The fourth-order valence-electron chi connectivity index (χ4n) is 3.51. The molecule has 0 amide bonds. The summed E-state index contributed by atoms with van der Waals surface area (Å²) in [7, 11) is 0. The summed E-state index contributed by atoms with van der Waals surface area (Å²) in [5, 5.41) is 0. The third kappa shape index (κ3) is 3.83. The van der Waals surface area contributed by atoms with Gasteiger partial charge in [-0.2, -0.15) is 0 Å². The normalized spacial score (nSPS) is 30.0. The monoisotopic (exact) mass is 254 g/mol. The van der Waals surface area contributed by atoms with E-state index in [2.05, 4.69) is 41.5 Å². The molecule has 1 aliphatic carbocycles. The summed E-state index contributed by atoms with van der Waals surface area (Å²) in [5.41, 5.74) is 1.64. The SMILES string of the molecule is C/C(F)=C1/CCCC(C(C)(C)C)C(C(C)(C)C)C1. The highest BCUT2D eigenvalue weighted by molar-refractivity contribution is 5.11. The van der Waals surface area contributed by atoms with Crippen molar-refractivity contribution in [3.05, 3.63) is 11.4 Å². The molecule has 106 valence electrons. The minimum Gasteiger partial charge on any atom is -0.212 e. The van der Waals surface area contributed by atoms with Gasteiger partial charge in [-0.15, -0.1) is 0 Å². The standard InChI is InChI=1S/C17H31F/c1-12(18)13-9-8-10-14(16(2,3)4)15(11-13)17(5,6)7/h14-15H,8-11H2,1-7H3/b13-12+. The minimum atomic E-state index is 0.0683. The van der Waals surface area contributed by atoms with Gasteiger partial charge < -0.3 is 0 Å². The molecule has 0 aromatic heterocycles. The zero-order chi connectivity index (χ0) is 14.1. The Labute approximate surface area is 113 Å². The maximum Gasteiger partial charge on any atom is 0.0960 e. The Balaban J connectivity index is 3.10. The van der Waals surface area contributed by atoms with Crippen LogP contribution in [0.3, 0.4) is 0 Å². The quantitative estimate of drug-likeness (QED) is 0.456. The van der Waals surface area contributed by atoms with Crippen LogP contribution in [0, 0.1) is 22.7 Å². The summed E-state index contributed by atoms with van der Waals surface area (Å²) in [6, 6.07) is 0. The van der Waals surface area contributed by atoms with Gasteiger partial charge in [-0.05, 0) is 60.8 Å². The summed E-state index contributed by atoms with van der Waals surface area (Å²) in [4.78, 5) is 0. The topological polar surface area (TPSA) is 0 Å². The van der Waals surface area contributed by atoms with E-state index in [-0.39, 0.29) is 11.2 Å². The Morgan fingerprint density at radius 2 is 1.50 bits per heavy atom. The lowest BCUT2D eigenvalue weighted by molar-refractivity contribution is 0.0689. The molecule has 0 saturated heterocycles. The predicted molar refractivity (Wildman–Crippen MR) is 78.2 cm³/mol. The number of hydrogen-bond acceptors (Lipinski definition) is 0. The van der Waals surface area contributed by atoms with Crippen LogP contribution in [0.2, 0.25) is 0 Å². The lowest BCUT2D eigenvalue weighted by Crippen LogP contribution is -2.35. The third-order valence-corrected chi connectivity index (χ3v) is 4.66. The van der Waals surface area contributed by atoms with E-state index in [0.717, 1.165) is 24.8 Å². The predicted octanol–water partition coefficient (Wildman–Crippen LogP) is 6.13. The summed E-state index contributed by atoms with van der Waals surface area (Å²) in [5.74, 6) is 1.34. The highest BCUT2D eigenvalue weighted by atomic mass is 19.1. The van der Waals surface area contributed by atoms with Gasteiger partial charge in [0.15, 0.2) is 0 Å². The molecule has 0 nitrogen and oxygen atoms in total. The average molecular weight is 254 g/mol. The van der Waals surface area contributed by atoms with Crippen molar-refractivity contribution >= 4 is 0 Å². The lowest BCUT2D eigenvalue weighted by atomic mass is 9.62. The van der Waals surface area contributed by atoms with E-state index in [1.807, 2.05) is 0 Å². The van der Waals surface area contributed by atoms with Crippen molar-refractivity contribution in [1.29, 1.82) is 0 Å². The second kappa shape index (κ2) is 5.35. The van der Waals surface area contributed by atoms with Crippen LogP contribution < -0.4 is 0 Å². The van der Waals surface area contributed by atoms with Crippen molar-refractivity contribution in [3.8, 4) is 0 Å². The van der Waals surface area contributed by atoms with Crippen LogP contribution in [0.4, 0.5) is 4.39 Å². The van der Waals surface area contributed by atoms with Crippen LogP contribution in [0.15, 0.2) is 11.4 Å². The van der Waals surface area contributed by atoms with E-state index in [9.17, 15) is 4.39 Å². The van der Waals surface area contributed by atoms with Crippen molar-refractivity contribution in [2.75, 3.05) is 0 Å². The second-order valence-corrected chi connectivity index (χ2v) is 8.18. The molecular weight excluding hydrogens is 223 g/mol. The van der Waals surface area contributed by atoms with E-state index in [0.29, 0.717) is 17.3 Å². The molecule has 1 fully saturated rings. The van der Waals surface area contributed by atoms with E-state index < -0.39 is 0 Å². The van der Waals surface area contributed by atoms with Crippen molar-refractivity contribution in [2.24, 2.45) is 22.7 Å². The number of halogens is 1. The number of allylic oxidation sites excluding steroid dienone is 2.